The third-order valence-corrected chi connectivity index (χ3v) is 6.22. The van der Waals surface area contributed by atoms with E-state index in [2.05, 4.69) is 52.6 Å². The summed E-state index contributed by atoms with van der Waals surface area (Å²) >= 11 is 0. The second kappa shape index (κ2) is 5.66. The molecular formula is C25H18N4O. The Morgan fingerprint density at radius 3 is 2.73 bits per heavy atom. The second-order valence-corrected chi connectivity index (χ2v) is 8.27. The molecule has 6 aromatic rings. The molecule has 5 heteroatoms. The van der Waals surface area contributed by atoms with Gasteiger partial charge in [0, 0.05) is 33.7 Å². The van der Waals surface area contributed by atoms with Gasteiger partial charge in [0.15, 0.2) is 5.58 Å². The van der Waals surface area contributed by atoms with Crippen molar-refractivity contribution < 1.29 is 4.52 Å². The first kappa shape index (κ1) is 16.1. The van der Waals surface area contributed by atoms with Crippen LogP contribution in [0.15, 0.2) is 59.3 Å². The fourth-order valence-electron chi connectivity index (χ4n) is 4.60. The normalized spacial score (nSPS) is 14.4. The van der Waals surface area contributed by atoms with Crippen molar-refractivity contribution in [3.8, 4) is 0 Å². The van der Waals surface area contributed by atoms with E-state index in [0.29, 0.717) is 5.92 Å². The zero-order valence-corrected chi connectivity index (χ0v) is 16.4. The summed E-state index contributed by atoms with van der Waals surface area (Å²) in [7, 11) is 0. The standard InChI is InChI=1S/C25H18N4O/c1-13-21-17-11-19(23-20(12-17)27-25(28-23)14-7-8-14)18-6-3-9-26-22(18)15-4-2-5-16(10-15)24(21)30-29-13/h2-6,9-12,14H,7-8H2,1H3,(H,27,28). The van der Waals surface area contributed by atoms with Gasteiger partial charge in [0.05, 0.1) is 27.6 Å². The largest absolute Gasteiger partial charge is 0.355 e. The molecule has 4 bridgehead atoms. The van der Waals surface area contributed by atoms with E-state index in [1.54, 1.807) is 0 Å². The van der Waals surface area contributed by atoms with Crippen LogP contribution in [0, 0.1) is 6.92 Å². The van der Waals surface area contributed by atoms with Gasteiger partial charge in [0.25, 0.3) is 0 Å². The maximum absolute atomic E-state index is 5.81. The molecule has 3 heterocycles. The molecule has 0 aliphatic heterocycles. The molecule has 1 aliphatic carbocycles. The van der Waals surface area contributed by atoms with Crippen LogP contribution in [-0.2, 0) is 0 Å². The molecular weight excluding hydrogens is 372 g/mol. The van der Waals surface area contributed by atoms with Crippen molar-refractivity contribution in [2.24, 2.45) is 0 Å². The molecule has 1 aliphatic rings. The number of fused-ring (bicyclic) bond motifs is 12. The number of aryl methyl sites for hydroxylation is 1. The van der Waals surface area contributed by atoms with Crippen LogP contribution in [0.2, 0.25) is 0 Å². The smallest absolute Gasteiger partial charge is 0.174 e. The molecule has 30 heavy (non-hydrogen) atoms. The Labute approximate surface area is 171 Å². The summed E-state index contributed by atoms with van der Waals surface area (Å²) in [5.41, 5.74) is 4.68. The van der Waals surface area contributed by atoms with Crippen molar-refractivity contribution in [3.05, 3.63) is 66.2 Å². The molecule has 0 spiro atoms. The van der Waals surface area contributed by atoms with Crippen molar-refractivity contribution in [1.82, 2.24) is 20.1 Å². The third kappa shape index (κ3) is 2.20. The molecule has 0 amide bonds. The van der Waals surface area contributed by atoms with Gasteiger partial charge in [0.1, 0.15) is 5.82 Å². The van der Waals surface area contributed by atoms with Crippen LogP contribution in [0.25, 0.3) is 54.5 Å². The second-order valence-electron chi connectivity index (χ2n) is 8.27. The Morgan fingerprint density at radius 1 is 0.933 bits per heavy atom. The predicted molar refractivity (Wildman–Crippen MR) is 119 cm³/mol. The van der Waals surface area contributed by atoms with Crippen LogP contribution in [0.5, 0.6) is 0 Å². The molecule has 5 nitrogen and oxygen atoms in total. The summed E-state index contributed by atoms with van der Waals surface area (Å²) in [5, 5.41) is 10.7. The number of H-pyrrole nitrogens is 1. The molecule has 0 saturated heterocycles. The number of hydrogen-bond acceptors (Lipinski definition) is 4. The highest BCUT2D eigenvalue weighted by Crippen LogP contribution is 2.40. The van der Waals surface area contributed by atoms with Gasteiger partial charge >= 0.3 is 0 Å². The highest BCUT2D eigenvalue weighted by atomic mass is 16.5. The minimum atomic E-state index is 0.556. The van der Waals surface area contributed by atoms with Gasteiger partial charge in [-0.25, -0.2) is 4.98 Å². The Hall–Kier alpha value is -3.73. The zero-order valence-electron chi connectivity index (χ0n) is 16.4. The third-order valence-electron chi connectivity index (χ3n) is 6.22. The molecule has 1 fully saturated rings. The lowest BCUT2D eigenvalue weighted by molar-refractivity contribution is 0.452. The number of benzene rings is 2. The van der Waals surface area contributed by atoms with Crippen LogP contribution in [0.3, 0.4) is 0 Å². The maximum atomic E-state index is 5.81. The molecule has 3 aromatic heterocycles. The van der Waals surface area contributed by atoms with Crippen molar-refractivity contribution in [1.29, 1.82) is 0 Å². The van der Waals surface area contributed by atoms with Gasteiger partial charge in [-0.1, -0.05) is 29.4 Å². The number of rotatable bonds is 1. The number of hydrogen-bond donors (Lipinski definition) is 1. The number of pyridine rings is 1. The highest BCUT2D eigenvalue weighted by Gasteiger charge is 2.27. The van der Waals surface area contributed by atoms with E-state index < -0.39 is 0 Å². The fraction of sp³-hybridized carbons (Fsp3) is 0.160. The van der Waals surface area contributed by atoms with E-state index in [0.717, 1.165) is 66.0 Å². The molecule has 7 rings (SSSR count). The van der Waals surface area contributed by atoms with Crippen molar-refractivity contribution >= 4 is 54.5 Å². The van der Waals surface area contributed by atoms with Gasteiger partial charge in [-0.3, -0.25) is 4.98 Å². The summed E-state index contributed by atoms with van der Waals surface area (Å²) in [5.74, 6) is 1.65. The van der Waals surface area contributed by atoms with Crippen LogP contribution in [0.1, 0.15) is 30.3 Å². The average Bonchev–Trinajstić information content (AvgIpc) is 3.42. The van der Waals surface area contributed by atoms with Crippen molar-refractivity contribution in [2.75, 3.05) is 0 Å². The molecule has 0 radical (unpaired) electrons. The van der Waals surface area contributed by atoms with E-state index in [1.165, 1.54) is 12.8 Å². The summed E-state index contributed by atoms with van der Waals surface area (Å²) in [6.45, 7) is 2.00. The summed E-state index contributed by atoms with van der Waals surface area (Å²) < 4.78 is 5.81. The summed E-state index contributed by atoms with van der Waals surface area (Å²) in [6, 6.07) is 16.9. The highest BCUT2D eigenvalue weighted by molar-refractivity contribution is 6.17. The van der Waals surface area contributed by atoms with Gasteiger partial charge in [-0.15, -0.1) is 0 Å². The monoisotopic (exact) mass is 390 g/mol. The van der Waals surface area contributed by atoms with Crippen molar-refractivity contribution in [2.45, 2.75) is 25.7 Å². The summed E-state index contributed by atoms with van der Waals surface area (Å²) in [4.78, 5) is 13.4. The fourth-order valence-corrected chi connectivity index (χ4v) is 4.60. The molecule has 3 aromatic carbocycles. The van der Waals surface area contributed by atoms with E-state index in [-0.39, 0.29) is 0 Å². The number of nitrogens with zero attached hydrogens (tertiary/aromatic N) is 3. The maximum Gasteiger partial charge on any atom is 0.174 e. The first-order chi connectivity index (χ1) is 14.8. The van der Waals surface area contributed by atoms with E-state index in [1.807, 2.05) is 19.2 Å². The van der Waals surface area contributed by atoms with Crippen molar-refractivity contribution in [3.63, 3.8) is 0 Å². The van der Waals surface area contributed by atoms with Crippen LogP contribution >= 0.6 is 0 Å². The minimum absolute atomic E-state index is 0.556. The van der Waals surface area contributed by atoms with Crippen LogP contribution < -0.4 is 0 Å². The van der Waals surface area contributed by atoms with Gasteiger partial charge in [-0.2, -0.15) is 0 Å². The van der Waals surface area contributed by atoms with Crippen LogP contribution in [0.4, 0.5) is 0 Å². The molecule has 1 N–H and O–H groups in total. The lowest BCUT2D eigenvalue weighted by atomic mass is 10.0. The van der Waals surface area contributed by atoms with E-state index in [9.17, 15) is 0 Å². The number of nitrogens with one attached hydrogen (secondary N) is 1. The zero-order chi connectivity index (χ0) is 19.8. The topological polar surface area (TPSA) is 67.6 Å². The minimum Gasteiger partial charge on any atom is -0.355 e. The molecule has 0 atom stereocenters. The Morgan fingerprint density at radius 2 is 1.83 bits per heavy atom. The first-order valence-corrected chi connectivity index (χ1v) is 10.3. The first-order valence-electron chi connectivity index (χ1n) is 10.3. The van der Waals surface area contributed by atoms with Gasteiger partial charge in [-0.05, 0) is 49.4 Å². The average molecular weight is 390 g/mol. The molecule has 144 valence electrons. The Kier molecular flexibility index (Phi) is 3.04. The number of imidazole rings is 1. The SMILES string of the molecule is Cc1noc2c3cccc(c3)c3ncccc3c3cc(cc4[nH]c(C5CC5)nc43)c12. The van der Waals surface area contributed by atoms with Gasteiger partial charge < -0.3 is 9.51 Å². The number of aromatic amines is 1. The quantitative estimate of drug-likeness (QED) is 0.357. The molecule has 0 unspecified atom stereocenters. The lowest BCUT2D eigenvalue weighted by Crippen LogP contribution is -1.83. The van der Waals surface area contributed by atoms with E-state index >= 15 is 0 Å². The summed E-state index contributed by atoms with van der Waals surface area (Å²) in [6.07, 6.45) is 4.27. The predicted octanol–water partition coefficient (Wildman–Crippen LogP) is 6.31. The lowest BCUT2D eigenvalue weighted by Gasteiger charge is -2.03. The van der Waals surface area contributed by atoms with Gasteiger partial charge in [0.2, 0.25) is 0 Å². The Bertz CT molecular complexity index is 1670. The number of aromatic nitrogens is 4. The Balaban J connectivity index is 1.85. The van der Waals surface area contributed by atoms with Crippen LogP contribution in [-0.4, -0.2) is 20.1 Å². The van der Waals surface area contributed by atoms with E-state index in [4.69, 9.17) is 14.5 Å². The molecule has 1 saturated carbocycles.